The monoisotopic (exact) mass is 450 g/mol. The molecule has 3 rings (SSSR count). The number of sulfone groups is 1. The van der Waals surface area contributed by atoms with E-state index in [0.29, 0.717) is 10.4 Å². The summed E-state index contributed by atoms with van der Waals surface area (Å²) in [6.07, 6.45) is -3.16. The lowest BCUT2D eigenvalue weighted by Crippen LogP contribution is -2.12. The molecule has 0 spiro atoms. The normalized spacial score (nSPS) is 12.9. The SMILES string of the molecule is CCS(=O)(=O)c1cc2c(cc1-c1ncc(Br)n1C)nc(C(F)(F)F)n2C. The zero-order valence-corrected chi connectivity index (χ0v) is 16.4. The van der Waals surface area contributed by atoms with Gasteiger partial charge in [-0.2, -0.15) is 13.2 Å². The molecule has 2 aromatic heterocycles. The van der Waals surface area contributed by atoms with Crippen LogP contribution in [0.2, 0.25) is 0 Å². The van der Waals surface area contributed by atoms with Crippen LogP contribution in [0.4, 0.5) is 13.2 Å². The van der Waals surface area contributed by atoms with Crippen molar-refractivity contribution in [1.82, 2.24) is 19.1 Å². The fraction of sp³-hybridized carbons (Fsp3) is 0.333. The molecule has 140 valence electrons. The second-order valence-corrected chi connectivity index (χ2v) is 8.76. The fourth-order valence-electron chi connectivity index (χ4n) is 2.70. The van der Waals surface area contributed by atoms with Crippen LogP contribution in [0.5, 0.6) is 0 Å². The van der Waals surface area contributed by atoms with E-state index < -0.39 is 21.8 Å². The molecule has 11 heteroatoms. The van der Waals surface area contributed by atoms with E-state index >= 15 is 0 Å². The van der Waals surface area contributed by atoms with Gasteiger partial charge in [0.2, 0.25) is 5.82 Å². The zero-order valence-electron chi connectivity index (χ0n) is 14.0. The van der Waals surface area contributed by atoms with Crippen molar-refractivity contribution in [3.8, 4) is 11.4 Å². The van der Waals surface area contributed by atoms with Crippen molar-refractivity contribution in [3.63, 3.8) is 0 Å². The Bertz CT molecular complexity index is 1120. The Balaban J connectivity index is 2.43. The fourth-order valence-corrected chi connectivity index (χ4v) is 4.06. The van der Waals surface area contributed by atoms with Crippen LogP contribution in [0.25, 0.3) is 22.4 Å². The Morgan fingerprint density at radius 1 is 1.19 bits per heavy atom. The maximum Gasteiger partial charge on any atom is 0.449 e. The van der Waals surface area contributed by atoms with Crippen molar-refractivity contribution in [2.45, 2.75) is 18.0 Å². The van der Waals surface area contributed by atoms with Crippen molar-refractivity contribution in [2.75, 3.05) is 5.75 Å². The Kier molecular flexibility index (Phi) is 4.42. The third kappa shape index (κ3) is 2.92. The van der Waals surface area contributed by atoms with Gasteiger partial charge in [0.25, 0.3) is 0 Å². The maximum atomic E-state index is 13.2. The Morgan fingerprint density at radius 3 is 2.35 bits per heavy atom. The molecule has 1 aromatic carbocycles. The summed E-state index contributed by atoms with van der Waals surface area (Å²) in [5.74, 6) is -0.975. The van der Waals surface area contributed by atoms with Gasteiger partial charge < -0.3 is 9.13 Å². The molecular weight excluding hydrogens is 437 g/mol. The molecule has 0 radical (unpaired) electrons. The maximum absolute atomic E-state index is 13.2. The van der Waals surface area contributed by atoms with Crippen LogP contribution in [0, 0.1) is 0 Å². The highest BCUT2D eigenvalue weighted by Gasteiger charge is 2.37. The second kappa shape index (κ2) is 6.08. The van der Waals surface area contributed by atoms with Crippen LogP contribution in [-0.4, -0.2) is 33.3 Å². The number of aromatic nitrogens is 4. The van der Waals surface area contributed by atoms with Crippen molar-refractivity contribution in [2.24, 2.45) is 14.1 Å². The van der Waals surface area contributed by atoms with Gasteiger partial charge in [0.15, 0.2) is 9.84 Å². The highest BCUT2D eigenvalue weighted by Crippen LogP contribution is 2.36. The number of imidazole rings is 2. The number of benzene rings is 1. The molecule has 0 amide bonds. The van der Waals surface area contributed by atoms with Gasteiger partial charge >= 0.3 is 6.18 Å². The summed E-state index contributed by atoms with van der Waals surface area (Å²) in [6.45, 7) is 1.47. The largest absolute Gasteiger partial charge is 0.449 e. The number of aryl methyl sites for hydroxylation is 1. The summed E-state index contributed by atoms with van der Waals surface area (Å²) in [6, 6.07) is 2.57. The van der Waals surface area contributed by atoms with E-state index in [1.807, 2.05) is 0 Å². The topological polar surface area (TPSA) is 69.8 Å². The molecule has 2 heterocycles. The van der Waals surface area contributed by atoms with Crippen LogP contribution < -0.4 is 0 Å². The predicted molar refractivity (Wildman–Crippen MR) is 93.3 cm³/mol. The lowest BCUT2D eigenvalue weighted by molar-refractivity contribution is -0.146. The first kappa shape index (κ1) is 18.9. The molecule has 3 aromatic rings. The minimum Gasteiger partial charge on any atom is -0.323 e. The van der Waals surface area contributed by atoms with E-state index in [9.17, 15) is 21.6 Å². The van der Waals surface area contributed by atoms with Gasteiger partial charge in [-0.25, -0.2) is 18.4 Å². The van der Waals surface area contributed by atoms with Gasteiger partial charge in [0, 0.05) is 19.7 Å². The first-order chi connectivity index (χ1) is 12.0. The molecule has 0 atom stereocenters. The van der Waals surface area contributed by atoms with Gasteiger partial charge in [-0.05, 0) is 28.1 Å². The molecule has 0 bridgehead atoms. The minimum atomic E-state index is -4.65. The van der Waals surface area contributed by atoms with Crippen LogP contribution in [0.1, 0.15) is 12.7 Å². The van der Waals surface area contributed by atoms with Gasteiger partial charge in [-0.1, -0.05) is 6.92 Å². The summed E-state index contributed by atoms with van der Waals surface area (Å²) in [4.78, 5) is 7.74. The van der Waals surface area contributed by atoms with Crippen LogP contribution >= 0.6 is 15.9 Å². The number of hydrogen-bond acceptors (Lipinski definition) is 4. The zero-order chi connectivity index (χ0) is 19.4. The van der Waals surface area contributed by atoms with Crippen molar-refractivity contribution in [3.05, 3.63) is 28.8 Å². The van der Waals surface area contributed by atoms with E-state index in [4.69, 9.17) is 0 Å². The molecule has 0 fully saturated rings. The molecule has 26 heavy (non-hydrogen) atoms. The first-order valence-corrected chi connectivity index (χ1v) is 9.90. The number of nitrogens with zero attached hydrogens (tertiary/aromatic N) is 4. The number of rotatable bonds is 3. The third-order valence-corrected chi connectivity index (χ3v) is 6.63. The molecule has 0 unspecified atom stereocenters. The third-order valence-electron chi connectivity index (χ3n) is 4.12. The number of alkyl halides is 3. The quantitative estimate of drug-likeness (QED) is 0.611. The summed E-state index contributed by atoms with van der Waals surface area (Å²) in [5.41, 5.74) is 0.338. The lowest BCUT2D eigenvalue weighted by Gasteiger charge is -2.11. The summed E-state index contributed by atoms with van der Waals surface area (Å²) >= 11 is 3.28. The molecule has 0 aliphatic heterocycles. The number of hydrogen-bond donors (Lipinski definition) is 0. The minimum absolute atomic E-state index is 0.0454. The highest BCUT2D eigenvalue weighted by atomic mass is 79.9. The molecule has 6 nitrogen and oxygen atoms in total. The summed E-state index contributed by atoms with van der Waals surface area (Å²) in [7, 11) is -0.839. The smallest absolute Gasteiger partial charge is 0.323 e. The molecular formula is C15H14BrF3N4O2S. The standard InChI is InChI=1S/C15H14BrF3N4O2S/c1-4-26(24,25)11-6-10-9(21-14(22(10)2)15(17,18)19)5-8(11)13-20-7-12(16)23(13)3/h5-7H,4H2,1-3H3. The van der Waals surface area contributed by atoms with Crippen LogP contribution in [0.3, 0.4) is 0 Å². The van der Waals surface area contributed by atoms with E-state index in [-0.39, 0.29) is 27.2 Å². The van der Waals surface area contributed by atoms with Crippen LogP contribution in [-0.2, 0) is 30.1 Å². The Labute approximate surface area is 155 Å². The molecule has 0 aliphatic rings. The van der Waals surface area contributed by atoms with Gasteiger partial charge in [-0.3, -0.25) is 0 Å². The van der Waals surface area contributed by atoms with E-state index in [2.05, 4.69) is 25.9 Å². The van der Waals surface area contributed by atoms with Crippen LogP contribution in [0.15, 0.2) is 27.8 Å². The van der Waals surface area contributed by atoms with E-state index in [0.717, 1.165) is 4.57 Å². The Morgan fingerprint density at radius 2 is 1.85 bits per heavy atom. The van der Waals surface area contributed by atoms with Crippen molar-refractivity contribution in [1.29, 1.82) is 0 Å². The molecule has 0 N–H and O–H groups in total. The van der Waals surface area contributed by atoms with Crippen molar-refractivity contribution < 1.29 is 21.6 Å². The van der Waals surface area contributed by atoms with Gasteiger partial charge in [-0.15, -0.1) is 0 Å². The highest BCUT2D eigenvalue weighted by molar-refractivity contribution is 9.10. The predicted octanol–water partition coefficient (Wildman–Crippen LogP) is 3.55. The van der Waals surface area contributed by atoms with E-state index in [1.54, 1.807) is 11.6 Å². The Hall–Kier alpha value is -1.88. The average Bonchev–Trinajstić information content (AvgIpc) is 3.06. The first-order valence-electron chi connectivity index (χ1n) is 7.45. The summed E-state index contributed by atoms with van der Waals surface area (Å²) < 4.78 is 67.7. The van der Waals surface area contributed by atoms with Crippen molar-refractivity contribution >= 4 is 36.8 Å². The van der Waals surface area contributed by atoms with Gasteiger partial charge in [0.05, 0.1) is 27.9 Å². The number of fused-ring (bicyclic) bond motifs is 1. The molecule has 0 aliphatic carbocycles. The number of halogens is 4. The van der Waals surface area contributed by atoms with Gasteiger partial charge in [0.1, 0.15) is 10.4 Å². The summed E-state index contributed by atoms with van der Waals surface area (Å²) in [5, 5.41) is 0. The average molecular weight is 451 g/mol. The molecule has 0 saturated carbocycles. The second-order valence-electron chi connectivity index (χ2n) is 5.70. The molecule has 0 saturated heterocycles. The lowest BCUT2D eigenvalue weighted by atomic mass is 10.2. The van der Waals surface area contributed by atoms with E-state index in [1.165, 1.54) is 32.3 Å².